The van der Waals surface area contributed by atoms with Crippen molar-refractivity contribution in [1.29, 1.82) is 0 Å². The molecule has 3 heteroatoms. The topological polar surface area (TPSA) is 22.0 Å². The van der Waals surface area contributed by atoms with Gasteiger partial charge < -0.3 is 4.57 Å². The van der Waals surface area contributed by atoms with Gasteiger partial charge in [-0.3, -0.25) is 4.79 Å². The summed E-state index contributed by atoms with van der Waals surface area (Å²) in [5.41, 5.74) is 1.17. The lowest BCUT2D eigenvalue weighted by Crippen LogP contribution is -2.16. The second kappa shape index (κ2) is 3.24. The fraction of sp³-hybridized carbons (Fsp3) is 0.182. The van der Waals surface area contributed by atoms with E-state index in [0.29, 0.717) is 0 Å². The van der Waals surface area contributed by atoms with E-state index in [1.165, 1.54) is 0 Å². The molecule has 1 aromatic heterocycles. The zero-order valence-corrected chi connectivity index (χ0v) is 9.63. The van der Waals surface area contributed by atoms with Crippen molar-refractivity contribution in [2.75, 3.05) is 0 Å². The molecule has 0 saturated heterocycles. The summed E-state index contributed by atoms with van der Waals surface area (Å²) >= 11 is 3.37. The molecule has 1 aromatic carbocycles. The Balaban J connectivity index is 3.03. The van der Waals surface area contributed by atoms with Crippen LogP contribution in [0.5, 0.6) is 0 Å². The molecule has 0 spiro atoms. The molecule has 0 unspecified atom stereocenters. The molecule has 2 nitrogen and oxygen atoms in total. The van der Waals surface area contributed by atoms with Gasteiger partial charge in [-0.15, -0.1) is 0 Å². The normalized spacial score (nSPS) is 10.8. The first-order chi connectivity index (χ1) is 6.59. The maximum absolute atomic E-state index is 11.8. The molecule has 0 aliphatic rings. The van der Waals surface area contributed by atoms with Crippen LogP contribution in [0.25, 0.3) is 10.8 Å². The number of halogens is 1. The molecular formula is C11H10BrNO. The highest BCUT2D eigenvalue weighted by Gasteiger charge is 2.03. The third kappa shape index (κ3) is 1.38. The highest BCUT2D eigenvalue weighted by molar-refractivity contribution is 9.10. The maximum atomic E-state index is 11.8. The second-order valence-electron chi connectivity index (χ2n) is 3.42. The molecule has 0 atom stereocenters. The predicted octanol–water partition coefficient (Wildman–Crippen LogP) is 2.61. The van der Waals surface area contributed by atoms with Gasteiger partial charge >= 0.3 is 0 Å². The number of hydrogen-bond acceptors (Lipinski definition) is 1. The van der Waals surface area contributed by atoms with Crippen molar-refractivity contribution >= 4 is 26.7 Å². The Bertz CT molecular complexity index is 557. The highest BCUT2D eigenvalue weighted by atomic mass is 79.9. The van der Waals surface area contributed by atoms with Gasteiger partial charge in [0.25, 0.3) is 5.56 Å². The molecule has 0 aliphatic heterocycles. The highest BCUT2D eigenvalue weighted by Crippen LogP contribution is 2.19. The van der Waals surface area contributed by atoms with Crippen LogP contribution in [0.2, 0.25) is 0 Å². The fourth-order valence-corrected chi connectivity index (χ4v) is 2.01. The molecule has 2 rings (SSSR count). The molecule has 1 heterocycles. The Morgan fingerprint density at radius 3 is 2.71 bits per heavy atom. The number of fused-ring (bicyclic) bond motifs is 1. The first-order valence-corrected chi connectivity index (χ1v) is 5.14. The van der Waals surface area contributed by atoms with Crippen LogP contribution in [0.15, 0.2) is 33.7 Å². The summed E-state index contributed by atoms with van der Waals surface area (Å²) in [5.74, 6) is 0. The summed E-state index contributed by atoms with van der Waals surface area (Å²) in [5, 5.41) is 1.79. The monoisotopic (exact) mass is 251 g/mol. The van der Waals surface area contributed by atoms with Gasteiger partial charge in [-0.25, -0.2) is 0 Å². The average Bonchev–Trinajstić information content (AvgIpc) is 2.14. The third-order valence-corrected chi connectivity index (χ3v) is 2.84. The number of hydrogen-bond donors (Lipinski definition) is 0. The molecule has 0 aliphatic carbocycles. The lowest BCUT2D eigenvalue weighted by Gasteiger charge is -2.05. The van der Waals surface area contributed by atoms with Crippen LogP contribution in [0.1, 0.15) is 5.56 Å². The predicted molar refractivity (Wildman–Crippen MR) is 61.6 cm³/mol. The van der Waals surface area contributed by atoms with Crippen LogP contribution >= 0.6 is 15.9 Å². The first kappa shape index (κ1) is 9.46. The molecule has 0 fully saturated rings. The largest absolute Gasteiger partial charge is 0.318 e. The van der Waals surface area contributed by atoms with Gasteiger partial charge in [0, 0.05) is 23.1 Å². The number of benzene rings is 1. The molecule has 0 bridgehead atoms. The minimum atomic E-state index is 0.0481. The second-order valence-corrected chi connectivity index (χ2v) is 4.33. The van der Waals surface area contributed by atoms with E-state index in [1.807, 2.05) is 31.3 Å². The molecule has 0 saturated carbocycles. The Labute approximate surface area is 90.3 Å². The Kier molecular flexibility index (Phi) is 2.19. The lowest BCUT2D eigenvalue weighted by atomic mass is 10.1. The first-order valence-electron chi connectivity index (χ1n) is 4.35. The molecule has 0 N–H and O–H groups in total. The van der Waals surface area contributed by atoms with Gasteiger partial charge in [0.2, 0.25) is 0 Å². The van der Waals surface area contributed by atoms with Crippen molar-refractivity contribution in [3.8, 4) is 0 Å². The Morgan fingerprint density at radius 2 is 2.00 bits per heavy atom. The molecular weight excluding hydrogens is 242 g/mol. The van der Waals surface area contributed by atoms with Crippen LogP contribution in [-0.4, -0.2) is 4.57 Å². The van der Waals surface area contributed by atoms with Crippen molar-refractivity contribution in [2.45, 2.75) is 6.92 Å². The summed E-state index contributed by atoms with van der Waals surface area (Å²) in [7, 11) is 1.77. The van der Waals surface area contributed by atoms with E-state index in [1.54, 1.807) is 11.6 Å². The van der Waals surface area contributed by atoms with E-state index in [4.69, 9.17) is 0 Å². The average molecular weight is 252 g/mol. The van der Waals surface area contributed by atoms with E-state index >= 15 is 0 Å². The molecule has 0 amide bonds. The van der Waals surface area contributed by atoms with Crippen LogP contribution in [-0.2, 0) is 7.05 Å². The SMILES string of the molecule is Cc1cn(C)c(=O)c2cc(Br)ccc12. The smallest absolute Gasteiger partial charge is 0.258 e. The van der Waals surface area contributed by atoms with Crippen molar-refractivity contribution in [2.24, 2.45) is 7.05 Å². The summed E-state index contributed by atoms with van der Waals surface area (Å²) in [6, 6.07) is 5.79. The van der Waals surface area contributed by atoms with Crippen LogP contribution in [0, 0.1) is 6.92 Å². The standard InChI is InChI=1S/C11H10BrNO/c1-7-6-13(2)11(14)10-5-8(12)3-4-9(7)10/h3-6H,1-2H3. The summed E-state index contributed by atoms with van der Waals surface area (Å²) in [6.07, 6.45) is 1.86. The molecule has 72 valence electrons. The summed E-state index contributed by atoms with van der Waals surface area (Å²) in [6.45, 7) is 2.01. The summed E-state index contributed by atoms with van der Waals surface area (Å²) in [4.78, 5) is 11.8. The quantitative estimate of drug-likeness (QED) is 0.706. The third-order valence-electron chi connectivity index (χ3n) is 2.34. The number of pyridine rings is 1. The van der Waals surface area contributed by atoms with Crippen molar-refractivity contribution in [1.82, 2.24) is 4.57 Å². The van der Waals surface area contributed by atoms with Gasteiger partial charge in [0.15, 0.2) is 0 Å². The number of nitrogens with zero attached hydrogens (tertiary/aromatic N) is 1. The molecule has 2 aromatic rings. The van der Waals surface area contributed by atoms with E-state index in [2.05, 4.69) is 15.9 Å². The van der Waals surface area contributed by atoms with Gasteiger partial charge in [0.1, 0.15) is 0 Å². The Hall–Kier alpha value is -1.09. The lowest BCUT2D eigenvalue weighted by molar-refractivity contribution is 0.866. The minimum absolute atomic E-state index is 0.0481. The Morgan fingerprint density at radius 1 is 1.29 bits per heavy atom. The van der Waals surface area contributed by atoms with Crippen molar-refractivity contribution in [3.63, 3.8) is 0 Å². The molecule has 14 heavy (non-hydrogen) atoms. The van der Waals surface area contributed by atoms with Crippen LogP contribution in [0.3, 0.4) is 0 Å². The van der Waals surface area contributed by atoms with Crippen LogP contribution in [0.4, 0.5) is 0 Å². The summed E-state index contributed by atoms with van der Waals surface area (Å²) < 4.78 is 2.55. The minimum Gasteiger partial charge on any atom is -0.318 e. The fourth-order valence-electron chi connectivity index (χ4n) is 1.65. The van der Waals surface area contributed by atoms with Crippen molar-refractivity contribution in [3.05, 3.63) is 44.8 Å². The molecule has 0 radical (unpaired) electrons. The van der Waals surface area contributed by atoms with Gasteiger partial charge in [-0.2, -0.15) is 0 Å². The van der Waals surface area contributed by atoms with E-state index in [-0.39, 0.29) is 5.56 Å². The van der Waals surface area contributed by atoms with Gasteiger partial charge in [-0.1, -0.05) is 22.0 Å². The number of aromatic nitrogens is 1. The zero-order valence-electron chi connectivity index (χ0n) is 8.04. The van der Waals surface area contributed by atoms with E-state index in [0.717, 1.165) is 20.8 Å². The maximum Gasteiger partial charge on any atom is 0.258 e. The van der Waals surface area contributed by atoms with E-state index < -0.39 is 0 Å². The van der Waals surface area contributed by atoms with E-state index in [9.17, 15) is 4.79 Å². The zero-order chi connectivity index (χ0) is 10.3. The number of aryl methyl sites for hydroxylation is 2. The van der Waals surface area contributed by atoms with Gasteiger partial charge in [-0.05, 0) is 30.0 Å². The number of rotatable bonds is 0. The van der Waals surface area contributed by atoms with Crippen LogP contribution < -0.4 is 5.56 Å². The van der Waals surface area contributed by atoms with Crippen molar-refractivity contribution < 1.29 is 0 Å². The van der Waals surface area contributed by atoms with Gasteiger partial charge in [0.05, 0.1) is 0 Å².